The Morgan fingerprint density at radius 2 is 1.67 bits per heavy atom. The summed E-state index contributed by atoms with van der Waals surface area (Å²) in [6, 6.07) is 13.3. The Morgan fingerprint density at radius 3 is 2.24 bits per heavy atom. The highest BCUT2D eigenvalue weighted by molar-refractivity contribution is 6.30. The molecule has 0 fully saturated rings. The molecule has 110 valence electrons. The van der Waals surface area contributed by atoms with E-state index in [1.165, 1.54) is 0 Å². The third-order valence-electron chi connectivity index (χ3n) is 3.13. The van der Waals surface area contributed by atoms with Crippen LogP contribution < -0.4 is 0 Å². The highest BCUT2D eigenvalue weighted by Crippen LogP contribution is 2.19. The number of hydrogen-bond donors (Lipinski definition) is 1. The van der Waals surface area contributed by atoms with Crippen LogP contribution in [-0.4, -0.2) is 16.9 Å². The van der Waals surface area contributed by atoms with E-state index in [2.05, 4.69) is 0 Å². The van der Waals surface area contributed by atoms with Crippen molar-refractivity contribution in [3.63, 3.8) is 0 Å². The van der Waals surface area contributed by atoms with Crippen molar-refractivity contribution in [2.75, 3.05) is 0 Å². The number of halogens is 2. The Hall–Kier alpha value is -1.84. The highest BCUT2D eigenvalue weighted by Gasteiger charge is 2.16. The number of carboxylic acid groups (broad SMARTS) is 1. The summed E-state index contributed by atoms with van der Waals surface area (Å²) >= 11 is 5.79. The van der Waals surface area contributed by atoms with Gasteiger partial charge < -0.3 is 5.11 Å². The molecule has 0 aliphatic heterocycles. The normalized spacial score (nSPS) is 11.3. The predicted octanol–water partition coefficient (Wildman–Crippen LogP) is 4.18. The Bertz CT molecular complexity index is 651. The van der Waals surface area contributed by atoms with Gasteiger partial charge in [0.2, 0.25) is 0 Å². The number of hydrogen-bond acceptors (Lipinski definition) is 2. The van der Waals surface area contributed by atoms with Crippen molar-refractivity contribution >= 4 is 35.8 Å². The van der Waals surface area contributed by atoms with E-state index >= 15 is 0 Å². The quantitative estimate of drug-likeness (QED) is 0.858. The van der Waals surface area contributed by atoms with Crippen molar-refractivity contribution in [1.29, 1.82) is 0 Å². The van der Waals surface area contributed by atoms with Crippen LogP contribution in [0.2, 0.25) is 5.02 Å². The van der Waals surface area contributed by atoms with Crippen LogP contribution in [0, 0.1) is 0 Å². The molecule has 0 aliphatic rings. The fourth-order valence-electron chi connectivity index (χ4n) is 1.86. The van der Waals surface area contributed by atoms with Gasteiger partial charge in [-0.05, 0) is 42.8 Å². The summed E-state index contributed by atoms with van der Waals surface area (Å²) in [5.74, 6) is -1.71. The van der Waals surface area contributed by atoms with Crippen molar-refractivity contribution in [2.45, 2.75) is 12.8 Å². The van der Waals surface area contributed by atoms with Crippen LogP contribution in [0.25, 0.3) is 0 Å². The van der Waals surface area contributed by atoms with Crippen molar-refractivity contribution in [2.24, 2.45) is 0 Å². The lowest BCUT2D eigenvalue weighted by atomic mass is 9.96. The van der Waals surface area contributed by atoms with Gasteiger partial charge in [0.25, 0.3) is 0 Å². The second-order valence-electron chi connectivity index (χ2n) is 4.52. The molecule has 0 saturated carbocycles. The van der Waals surface area contributed by atoms with Crippen LogP contribution in [0.4, 0.5) is 0 Å². The zero-order valence-corrected chi connectivity index (χ0v) is 12.8. The third kappa shape index (κ3) is 4.06. The van der Waals surface area contributed by atoms with Gasteiger partial charge in [0.1, 0.15) is 0 Å². The van der Waals surface area contributed by atoms with Crippen molar-refractivity contribution in [1.82, 2.24) is 0 Å². The van der Waals surface area contributed by atoms with Gasteiger partial charge in [0.15, 0.2) is 5.78 Å². The summed E-state index contributed by atoms with van der Waals surface area (Å²) < 4.78 is 0. The van der Waals surface area contributed by atoms with E-state index in [9.17, 15) is 9.59 Å². The average molecular weight is 325 g/mol. The van der Waals surface area contributed by atoms with Gasteiger partial charge in [-0.1, -0.05) is 29.8 Å². The van der Waals surface area contributed by atoms with Crippen molar-refractivity contribution < 1.29 is 14.7 Å². The summed E-state index contributed by atoms with van der Waals surface area (Å²) in [7, 11) is 0. The van der Waals surface area contributed by atoms with Crippen LogP contribution >= 0.6 is 24.0 Å². The second-order valence-corrected chi connectivity index (χ2v) is 4.96. The van der Waals surface area contributed by atoms with E-state index in [1.807, 2.05) is 0 Å². The van der Waals surface area contributed by atoms with Crippen LogP contribution in [-0.2, 0) is 4.79 Å². The van der Waals surface area contributed by atoms with Crippen molar-refractivity contribution in [3.8, 4) is 0 Å². The first-order valence-corrected chi connectivity index (χ1v) is 6.50. The Morgan fingerprint density at radius 1 is 1.05 bits per heavy atom. The van der Waals surface area contributed by atoms with Crippen LogP contribution in [0.3, 0.4) is 0 Å². The fraction of sp³-hybridized carbons (Fsp3) is 0.125. The predicted molar refractivity (Wildman–Crippen MR) is 84.6 cm³/mol. The molecule has 0 radical (unpaired) electrons. The van der Waals surface area contributed by atoms with Crippen LogP contribution in [0.1, 0.15) is 34.3 Å². The molecule has 21 heavy (non-hydrogen) atoms. The van der Waals surface area contributed by atoms with E-state index in [0.29, 0.717) is 21.7 Å². The smallest absolute Gasteiger partial charge is 0.310 e. The van der Waals surface area contributed by atoms with Gasteiger partial charge >= 0.3 is 5.97 Å². The monoisotopic (exact) mass is 324 g/mol. The average Bonchev–Trinajstić information content (AvgIpc) is 2.46. The van der Waals surface area contributed by atoms with E-state index in [4.69, 9.17) is 16.7 Å². The molecule has 1 atom stereocenters. The molecule has 1 unspecified atom stereocenters. The molecule has 2 aromatic rings. The number of ketones is 1. The molecule has 0 heterocycles. The molecule has 0 aromatic heterocycles. The first-order chi connectivity index (χ1) is 9.49. The van der Waals surface area contributed by atoms with E-state index in [-0.39, 0.29) is 18.2 Å². The molecule has 2 rings (SSSR count). The standard InChI is InChI=1S/C16H13ClO3.ClH/c1-10(16(19)20)12-3-2-4-13(9-12)15(18)11-5-7-14(17)8-6-11;/h2-10H,1H3,(H,19,20);1H. The fourth-order valence-corrected chi connectivity index (χ4v) is 1.99. The number of carboxylic acids is 1. The first kappa shape index (κ1) is 17.2. The molecule has 0 spiro atoms. The topological polar surface area (TPSA) is 54.4 Å². The maximum Gasteiger partial charge on any atom is 0.310 e. The summed E-state index contributed by atoms with van der Waals surface area (Å²) in [4.78, 5) is 23.3. The summed E-state index contributed by atoms with van der Waals surface area (Å²) in [6.07, 6.45) is 0. The van der Waals surface area contributed by atoms with Gasteiger partial charge in [0.05, 0.1) is 5.92 Å². The molecule has 2 aromatic carbocycles. The summed E-state index contributed by atoms with van der Waals surface area (Å²) in [5, 5.41) is 9.58. The maximum atomic E-state index is 12.3. The third-order valence-corrected chi connectivity index (χ3v) is 3.38. The largest absolute Gasteiger partial charge is 0.481 e. The molecule has 0 amide bonds. The lowest BCUT2D eigenvalue weighted by molar-refractivity contribution is -0.138. The number of carbonyl (C=O) groups is 2. The number of aliphatic carboxylic acids is 1. The molecular weight excluding hydrogens is 311 g/mol. The van der Waals surface area contributed by atoms with Gasteiger partial charge in [0, 0.05) is 16.1 Å². The maximum absolute atomic E-state index is 12.3. The summed E-state index contributed by atoms with van der Waals surface area (Å²) in [5.41, 5.74) is 1.60. The zero-order valence-electron chi connectivity index (χ0n) is 11.2. The number of carbonyl (C=O) groups excluding carboxylic acids is 1. The molecule has 0 bridgehead atoms. The van der Waals surface area contributed by atoms with Crippen LogP contribution in [0.5, 0.6) is 0 Å². The first-order valence-electron chi connectivity index (χ1n) is 6.12. The number of rotatable bonds is 4. The van der Waals surface area contributed by atoms with Gasteiger partial charge in [-0.3, -0.25) is 9.59 Å². The van der Waals surface area contributed by atoms with Gasteiger partial charge in [-0.15, -0.1) is 12.4 Å². The SMILES string of the molecule is CC(C(=O)O)c1cccc(C(=O)c2ccc(Cl)cc2)c1.Cl. The molecule has 3 nitrogen and oxygen atoms in total. The van der Waals surface area contributed by atoms with Gasteiger partial charge in [-0.2, -0.15) is 0 Å². The molecule has 0 saturated heterocycles. The van der Waals surface area contributed by atoms with Crippen molar-refractivity contribution in [3.05, 3.63) is 70.2 Å². The Kier molecular flexibility index (Phi) is 5.94. The van der Waals surface area contributed by atoms with E-state index in [0.717, 1.165) is 0 Å². The summed E-state index contributed by atoms with van der Waals surface area (Å²) in [6.45, 7) is 1.59. The molecule has 1 N–H and O–H groups in total. The molecule has 0 aliphatic carbocycles. The van der Waals surface area contributed by atoms with Crippen LogP contribution in [0.15, 0.2) is 48.5 Å². The molecule has 5 heteroatoms. The zero-order chi connectivity index (χ0) is 14.7. The lowest BCUT2D eigenvalue weighted by Gasteiger charge is -2.08. The minimum Gasteiger partial charge on any atom is -0.481 e. The van der Waals surface area contributed by atoms with E-state index in [1.54, 1.807) is 55.5 Å². The van der Waals surface area contributed by atoms with E-state index < -0.39 is 11.9 Å². The minimum absolute atomic E-state index is 0. The molecular formula is C16H14Cl2O3. The lowest BCUT2D eigenvalue weighted by Crippen LogP contribution is -2.09. The Labute approximate surface area is 134 Å². The Balaban J connectivity index is 0.00000220. The highest BCUT2D eigenvalue weighted by atomic mass is 35.5. The number of benzene rings is 2. The van der Waals surface area contributed by atoms with Gasteiger partial charge in [-0.25, -0.2) is 0 Å². The second kappa shape index (κ2) is 7.25. The minimum atomic E-state index is -0.916.